The van der Waals surface area contributed by atoms with Crippen molar-refractivity contribution in [2.75, 3.05) is 40.0 Å². The molecule has 5 rings (SSSR count). The summed E-state index contributed by atoms with van der Waals surface area (Å²) in [6.07, 6.45) is -12.5. The molecular formula is C40H65N8O19S+. The van der Waals surface area contributed by atoms with Crippen LogP contribution in [0.5, 0.6) is 0 Å². The van der Waals surface area contributed by atoms with Crippen molar-refractivity contribution in [2.24, 2.45) is 23.1 Å². The van der Waals surface area contributed by atoms with Gasteiger partial charge in [-0.15, -0.1) is 0 Å². The number of nitrogens with two attached hydrogens (primary N) is 3. The Morgan fingerprint density at radius 3 is 2.43 bits per heavy atom. The highest BCUT2D eigenvalue weighted by atomic mass is 32.3. The number of guanidine groups is 1. The van der Waals surface area contributed by atoms with Gasteiger partial charge < -0.3 is 70.3 Å². The maximum Gasteiger partial charge on any atom is 0.408 e. The predicted molar refractivity (Wildman–Crippen MR) is 230 cm³/mol. The zero-order valence-corrected chi connectivity index (χ0v) is 39.0. The van der Waals surface area contributed by atoms with Crippen LogP contribution in [0.4, 0.5) is 9.59 Å². The van der Waals surface area contributed by atoms with E-state index in [0.717, 1.165) is 24.0 Å². The number of hydrogen-bond donors (Lipinski definition) is 10. The van der Waals surface area contributed by atoms with Gasteiger partial charge in [-0.1, -0.05) is 33.6 Å². The number of carbonyl (C=O) groups excluding carboxylic acids is 6. The van der Waals surface area contributed by atoms with Gasteiger partial charge in [-0.2, -0.15) is 8.42 Å². The summed E-state index contributed by atoms with van der Waals surface area (Å²) in [6.45, 7) is 4.37. The zero-order chi connectivity index (χ0) is 50.2. The van der Waals surface area contributed by atoms with Crippen LogP contribution in [0.15, 0.2) is 11.6 Å². The van der Waals surface area contributed by atoms with E-state index in [0.29, 0.717) is 32.4 Å². The Kier molecular flexibility index (Phi) is 18.4. The average Bonchev–Trinajstić information content (AvgIpc) is 3.86. The molecule has 384 valence electrons. The zero-order valence-electron chi connectivity index (χ0n) is 38.2. The first-order valence-electron chi connectivity index (χ1n) is 22.3. The molecule has 4 heterocycles. The Hall–Kier alpha value is -4.94. The number of esters is 1. The summed E-state index contributed by atoms with van der Waals surface area (Å²) in [5.74, 6) is -3.82. The van der Waals surface area contributed by atoms with Crippen molar-refractivity contribution in [3.8, 4) is 0 Å². The van der Waals surface area contributed by atoms with Crippen molar-refractivity contribution < 1.29 is 94.2 Å². The minimum Gasteiger partial charge on any atom is -0.453 e. The molecule has 4 fully saturated rings. The van der Waals surface area contributed by atoms with Gasteiger partial charge >= 0.3 is 34.5 Å². The number of nitrogens with zero attached hydrogens (tertiary/aromatic N) is 2. The molecule has 13 N–H and O–H groups in total. The Morgan fingerprint density at radius 2 is 1.82 bits per heavy atom. The number of methoxy groups -OCH3 is 1. The summed E-state index contributed by atoms with van der Waals surface area (Å²) in [5, 5.41) is 41.5. The molecule has 0 aromatic carbocycles. The van der Waals surface area contributed by atoms with E-state index in [1.807, 2.05) is 13.0 Å². The van der Waals surface area contributed by atoms with E-state index < -0.39 is 138 Å². The number of primary amides is 1. The van der Waals surface area contributed by atoms with Crippen molar-refractivity contribution in [3.05, 3.63) is 11.6 Å². The smallest absolute Gasteiger partial charge is 0.408 e. The van der Waals surface area contributed by atoms with E-state index in [1.165, 1.54) is 0 Å². The Balaban J connectivity index is 1.54. The first-order valence-corrected chi connectivity index (χ1v) is 23.7. The number of aliphatic hydroxyl groups excluding tert-OH is 3. The van der Waals surface area contributed by atoms with Gasteiger partial charge in [0.15, 0.2) is 30.2 Å². The number of rotatable bonds is 22. The maximum atomic E-state index is 15.2. The Morgan fingerprint density at radius 1 is 1.10 bits per heavy atom. The monoisotopic (exact) mass is 993 g/mol. The maximum absolute atomic E-state index is 15.2. The van der Waals surface area contributed by atoms with Crippen LogP contribution >= 0.6 is 0 Å². The molecule has 68 heavy (non-hydrogen) atoms. The van der Waals surface area contributed by atoms with Gasteiger partial charge in [0.05, 0.1) is 31.8 Å². The van der Waals surface area contributed by atoms with Gasteiger partial charge in [-0.3, -0.25) is 39.8 Å². The third kappa shape index (κ3) is 12.8. The molecule has 5 aliphatic rings. The standard InChI is InChI=1S/C40H64N8O19S/c1-5-6-7-8-26(50)65-30-29(66-38(43)56)28(51)24(17-49)64-36(30)63-21-14-23-32(52)40(15-21)31(46-39(57)67-40)27(34(54)44-11-9-20-10-12-47(16-20)37(41)42)48(23)35(55)22(13-19(2)3)45-33(53)25(61-4)18-62-68(58,59)60/h10,19,21-25,27-32,36,49,51-52H,5-9,11-18H2,1-4H3,(H9,41,42,43,44,45,46,53,54,56,57,58,59,60)/p+1/t21-,22-,23+,24?,25?,27-,28?,29+,30?,31+,32?,36?,40?/m1/s1. The number of unbranched alkanes of at least 4 members (excludes halogenated alkanes) is 2. The number of piperidine rings is 1. The van der Waals surface area contributed by atoms with Gasteiger partial charge in [0.1, 0.15) is 43.0 Å². The molecule has 13 atom stereocenters. The third-order valence-electron chi connectivity index (χ3n) is 12.5. The van der Waals surface area contributed by atoms with E-state index in [9.17, 15) is 47.7 Å². The molecule has 0 aromatic heterocycles. The number of nitrogens with one attached hydrogen (secondary N) is 3. The minimum absolute atomic E-state index is 0.0222. The second kappa shape index (κ2) is 23.1. The summed E-state index contributed by atoms with van der Waals surface area (Å²) in [6, 6.07) is -6.14. The summed E-state index contributed by atoms with van der Waals surface area (Å²) >= 11 is 0. The molecule has 3 saturated heterocycles. The topological polar surface area (TPSA) is 402 Å². The molecule has 0 radical (unpaired) electrons. The molecule has 5 amide bonds. The number of carbonyl (C=O) groups is 6. The first-order chi connectivity index (χ1) is 32.0. The molecule has 7 unspecified atom stereocenters. The quantitative estimate of drug-likeness (QED) is 0.00942. The van der Waals surface area contributed by atoms with Gasteiger partial charge in [0.2, 0.25) is 11.8 Å². The Labute approximate surface area is 392 Å². The lowest BCUT2D eigenvalue weighted by Gasteiger charge is -2.58. The lowest BCUT2D eigenvalue weighted by Crippen LogP contribution is -2.80. The Bertz CT molecular complexity index is 2040. The van der Waals surface area contributed by atoms with Crippen molar-refractivity contribution in [3.63, 3.8) is 0 Å². The van der Waals surface area contributed by atoms with Crippen LogP contribution < -0.4 is 33.2 Å². The van der Waals surface area contributed by atoms with Crippen LogP contribution in [0.1, 0.15) is 72.1 Å². The second-order valence-electron chi connectivity index (χ2n) is 17.7. The number of ether oxygens (including phenoxy) is 6. The lowest BCUT2D eigenvalue weighted by atomic mass is 9.66. The average molecular weight is 994 g/mol. The number of fused-ring (bicyclic) bond motifs is 1. The third-order valence-corrected chi connectivity index (χ3v) is 12.9. The summed E-state index contributed by atoms with van der Waals surface area (Å²) in [4.78, 5) is 83.1. The molecule has 0 aromatic rings. The molecule has 1 saturated carbocycles. The van der Waals surface area contributed by atoms with E-state index in [1.54, 1.807) is 18.4 Å². The number of alkyl carbamates (subject to hydrolysis) is 1. The number of likely N-dealkylation sites (tertiary alicyclic amines) is 1. The second-order valence-corrected chi connectivity index (χ2v) is 18.8. The van der Waals surface area contributed by atoms with Gasteiger partial charge in [-0.25, -0.2) is 13.8 Å². The van der Waals surface area contributed by atoms with Crippen molar-refractivity contribution in [1.29, 1.82) is 0 Å². The highest BCUT2D eigenvalue weighted by Gasteiger charge is 2.70. The molecule has 1 spiro atoms. The summed E-state index contributed by atoms with van der Waals surface area (Å²) in [5.41, 5.74) is 15.7. The molecular weight excluding hydrogens is 929 g/mol. The summed E-state index contributed by atoms with van der Waals surface area (Å²) < 4.78 is 72.1. The highest BCUT2D eigenvalue weighted by molar-refractivity contribution is 7.80. The molecule has 1 aliphatic carbocycles. The minimum atomic E-state index is -5.03. The fourth-order valence-electron chi connectivity index (χ4n) is 9.32. The van der Waals surface area contributed by atoms with Crippen LogP contribution in [0.25, 0.3) is 0 Å². The van der Waals surface area contributed by atoms with Crippen molar-refractivity contribution in [1.82, 2.24) is 20.9 Å². The van der Waals surface area contributed by atoms with Crippen molar-refractivity contribution >= 4 is 52.2 Å². The van der Waals surface area contributed by atoms with E-state index in [4.69, 9.17) is 50.2 Å². The number of hydrogen-bond acceptors (Lipinski definition) is 18. The normalized spacial score (nSPS) is 30.8. The van der Waals surface area contributed by atoms with Gasteiger partial charge in [0, 0.05) is 26.5 Å². The fraction of sp³-hybridized carbons (Fsp3) is 0.775. The van der Waals surface area contributed by atoms with Crippen LogP contribution in [0.2, 0.25) is 0 Å². The largest absolute Gasteiger partial charge is 0.453 e. The number of aliphatic hydroxyl groups is 3. The van der Waals surface area contributed by atoms with Gasteiger partial charge in [-0.05, 0) is 43.3 Å². The molecule has 28 heteroatoms. The summed E-state index contributed by atoms with van der Waals surface area (Å²) in [7, 11) is -3.98. The molecule has 27 nitrogen and oxygen atoms in total. The van der Waals surface area contributed by atoms with Crippen LogP contribution in [0.3, 0.4) is 0 Å². The molecule has 4 aliphatic heterocycles. The van der Waals surface area contributed by atoms with Gasteiger partial charge in [0.25, 0.3) is 5.91 Å². The van der Waals surface area contributed by atoms with Crippen LogP contribution in [-0.2, 0) is 62.2 Å². The van der Waals surface area contributed by atoms with E-state index >= 15 is 4.79 Å². The lowest BCUT2D eigenvalue weighted by molar-refractivity contribution is -0.503. The van der Waals surface area contributed by atoms with E-state index in [2.05, 4.69) is 20.1 Å². The SMILES string of the molecule is CCCCCC(=O)OC1C(O[C@@H]2C[C@H]3C(O)C4(C2)OC(=O)N[C@H]4[C@H](C(=O)NCCC2=CC[N+](=C(N)N)C2)N3C(=O)[C@@H](CC(C)C)NC(=O)C(COS(=O)(=O)O)OC)OC(CO)C(O)[C@@H]1OC(N)=O. The fourth-order valence-corrected chi connectivity index (χ4v) is 9.61. The number of amides is 5. The highest BCUT2D eigenvalue weighted by Crippen LogP contribution is 2.48. The van der Waals surface area contributed by atoms with E-state index in [-0.39, 0.29) is 44.1 Å². The molecule has 2 bridgehead atoms. The first kappa shape index (κ1) is 54.0. The predicted octanol–water partition coefficient (Wildman–Crippen LogP) is -3.92. The van der Waals surface area contributed by atoms with Crippen molar-refractivity contribution in [2.45, 2.75) is 151 Å². The van der Waals surface area contributed by atoms with Crippen LogP contribution in [0, 0.1) is 5.92 Å². The van der Waals surface area contributed by atoms with Crippen LogP contribution in [-0.4, -0.2) is 198 Å².